The Bertz CT molecular complexity index is 348. The molecule has 2 atom stereocenters. The molecule has 1 nitrogen and oxygen atoms in total. The van der Waals surface area contributed by atoms with Crippen LogP contribution in [0.2, 0.25) is 0 Å². The van der Waals surface area contributed by atoms with E-state index in [2.05, 4.69) is 12.2 Å². The maximum Gasteiger partial charge on any atom is 0.126 e. The molecule has 2 heteroatoms. The van der Waals surface area contributed by atoms with Crippen molar-refractivity contribution in [2.24, 2.45) is 5.92 Å². The molecule has 0 bridgehead atoms. The number of halogens is 1. The summed E-state index contributed by atoms with van der Waals surface area (Å²) in [5, 5.41) is 3.36. The quantitative estimate of drug-likeness (QED) is 0.800. The van der Waals surface area contributed by atoms with Gasteiger partial charge in [0.1, 0.15) is 5.82 Å². The highest BCUT2D eigenvalue weighted by Gasteiger charge is 2.37. The Morgan fingerprint density at radius 2 is 2.27 bits per heavy atom. The summed E-state index contributed by atoms with van der Waals surface area (Å²) in [5.41, 5.74) is 2.07. The Kier molecular flexibility index (Phi) is 3.06. The molecule has 0 radical (unpaired) electrons. The molecule has 0 spiro atoms. The molecule has 0 aliphatic heterocycles. The first-order valence-electron chi connectivity index (χ1n) is 5.69. The molecule has 1 aromatic carbocycles. The zero-order chi connectivity index (χ0) is 10.8. The van der Waals surface area contributed by atoms with Crippen molar-refractivity contribution in [1.82, 2.24) is 5.32 Å². The van der Waals surface area contributed by atoms with Crippen LogP contribution in [0.15, 0.2) is 18.2 Å². The van der Waals surface area contributed by atoms with Gasteiger partial charge in [0.05, 0.1) is 0 Å². The first kappa shape index (κ1) is 10.6. The minimum Gasteiger partial charge on any atom is -0.317 e. The average Bonchev–Trinajstić information content (AvgIpc) is 2.98. The van der Waals surface area contributed by atoms with Crippen molar-refractivity contribution < 1.29 is 4.39 Å². The van der Waals surface area contributed by atoms with E-state index in [-0.39, 0.29) is 5.82 Å². The minimum atomic E-state index is -0.0948. The van der Waals surface area contributed by atoms with Crippen LogP contribution in [0.1, 0.15) is 30.4 Å². The van der Waals surface area contributed by atoms with Crippen molar-refractivity contribution in [1.29, 1.82) is 0 Å². The first-order valence-corrected chi connectivity index (χ1v) is 5.69. The van der Waals surface area contributed by atoms with Gasteiger partial charge in [-0.25, -0.2) is 4.39 Å². The van der Waals surface area contributed by atoms with Gasteiger partial charge in [0.15, 0.2) is 0 Å². The van der Waals surface area contributed by atoms with Gasteiger partial charge < -0.3 is 5.32 Å². The molecule has 1 saturated carbocycles. The standard InChI is InChI=1S/C13H18FN/c1-3-15-8-11-7-12(11)10-4-5-13(14)9(2)6-10/h4-6,11-12,15H,3,7-8H2,1-2H3. The number of benzene rings is 1. The summed E-state index contributed by atoms with van der Waals surface area (Å²) in [4.78, 5) is 0. The maximum absolute atomic E-state index is 13.1. The summed E-state index contributed by atoms with van der Waals surface area (Å²) in [6.07, 6.45) is 1.25. The van der Waals surface area contributed by atoms with E-state index in [4.69, 9.17) is 0 Å². The second-order valence-electron chi connectivity index (χ2n) is 4.42. The predicted molar refractivity (Wildman–Crippen MR) is 60.5 cm³/mol. The van der Waals surface area contributed by atoms with Crippen molar-refractivity contribution in [3.63, 3.8) is 0 Å². The molecule has 1 N–H and O–H groups in total. The summed E-state index contributed by atoms with van der Waals surface area (Å²) >= 11 is 0. The lowest BCUT2D eigenvalue weighted by Crippen LogP contribution is -2.16. The van der Waals surface area contributed by atoms with Gasteiger partial charge in [-0.05, 0) is 55.5 Å². The fourth-order valence-electron chi connectivity index (χ4n) is 2.11. The first-order chi connectivity index (χ1) is 7.22. The summed E-state index contributed by atoms with van der Waals surface area (Å²) < 4.78 is 13.1. The average molecular weight is 207 g/mol. The molecule has 2 rings (SSSR count). The number of rotatable bonds is 4. The Hall–Kier alpha value is -0.890. The molecule has 1 aliphatic carbocycles. The van der Waals surface area contributed by atoms with E-state index in [0.29, 0.717) is 5.92 Å². The second-order valence-corrected chi connectivity index (χ2v) is 4.42. The molecule has 1 aromatic rings. The normalized spacial score (nSPS) is 24.2. The second kappa shape index (κ2) is 4.31. The summed E-state index contributed by atoms with van der Waals surface area (Å²) in [6, 6.07) is 5.51. The summed E-state index contributed by atoms with van der Waals surface area (Å²) in [5.74, 6) is 1.32. The van der Waals surface area contributed by atoms with E-state index >= 15 is 0 Å². The molecule has 15 heavy (non-hydrogen) atoms. The van der Waals surface area contributed by atoms with E-state index < -0.39 is 0 Å². The van der Waals surface area contributed by atoms with Gasteiger partial charge >= 0.3 is 0 Å². The van der Waals surface area contributed by atoms with E-state index in [1.165, 1.54) is 12.0 Å². The Morgan fingerprint density at radius 1 is 1.47 bits per heavy atom. The lowest BCUT2D eigenvalue weighted by atomic mass is 10.1. The summed E-state index contributed by atoms with van der Waals surface area (Å²) in [7, 11) is 0. The van der Waals surface area contributed by atoms with Gasteiger partial charge in [-0.2, -0.15) is 0 Å². The van der Waals surface area contributed by atoms with Crippen molar-refractivity contribution in [2.45, 2.75) is 26.2 Å². The van der Waals surface area contributed by atoms with E-state index in [9.17, 15) is 4.39 Å². The van der Waals surface area contributed by atoms with Gasteiger partial charge in [0.2, 0.25) is 0 Å². The number of hydrogen-bond acceptors (Lipinski definition) is 1. The van der Waals surface area contributed by atoms with Crippen LogP contribution in [0, 0.1) is 18.7 Å². The largest absolute Gasteiger partial charge is 0.317 e. The van der Waals surface area contributed by atoms with Crippen LogP contribution in [0.25, 0.3) is 0 Å². The van der Waals surface area contributed by atoms with Gasteiger partial charge in [0, 0.05) is 0 Å². The monoisotopic (exact) mass is 207 g/mol. The molecule has 1 aliphatic rings. The van der Waals surface area contributed by atoms with Crippen molar-refractivity contribution in [3.8, 4) is 0 Å². The van der Waals surface area contributed by atoms with E-state index in [1.54, 1.807) is 6.07 Å². The van der Waals surface area contributed by atoms with Crippen molar-refractivity contribution in [3.05, 3.63) is 35.1 Å². The number of nitrogens with one attached hydrogen (secondary N) is 1. The van der Waals surface area contributed by atoms with Gasteiger partial charge in [-0.15, -0.1) is 0 Å². The van der Waals surface area contributed by atoms with Crippen LogP contribution in [0.3, 0.4) is 0 Å². The third-order valence-electron chi connectivity index (χ3n) is 3.19. The van der Waals surface area contributed by atoms with Crippen LogP contribution in [0.5, 0.6) is 0 Å². The Balaban J connectivity index is 1.98. The van der Waals surface area contributed by atoms with Crippen molar-refractivity contribution in [2.75, 3.05) is 13.1 Å². The molecule has 0 heterocycles. The zero-order valence-electron chi connectivity index (χ0n) is 9.39. The molecule has 0 saturated heterocycles. The lowest BCUT2D eigenvalue weighted by molar-refractivity contribution is 0.616. The SMILES string of the molecule is CCNCC1CC1c1ccc(F)c(C)c1. The van der Waals surface area contributed by atoms with Crippen LogP contribution >= 0.6 is 0 Å². The van der Waals surface area contributed by atoms with Gasteiger partial charge in [-0.1, -0.05) is 19.1 Å². The molecule has 82 valence electrons. The van der Waals surface area contributed by atoms with Crippen LogP contribution in [-0.2, 0) is 0 Å². The lowest BCUT2D eigenvalue weighted by Gasteiger charge is -2.03. The van der Waals surface area contributed by atoms with Crippen LogP contribution in [0.4, 0.5) is 4.39 Å². The fourth-order valence-corrected chi connectivity index (χ4v) is 2.11. The van der Waals surface area contributed by atoms with Crippen LogP contribution in [-0.4, -0.2) is 13.1 Å². The fraction of sp³-hybridized carbons (Fsp3) is 0.538. The molecule has 1 fully saturated rings. The number of aryl methyl sites for hydroxylation is 1. The molecule has 0 aromatic heterocycles. The highest BCUT2D eigenvalue weighted by atomic mass is 19.1. The predicted octanol–water partition coefficient (Wildman–Crippen LogP) is 2.85. The third kappa shape index (κ3) is 2.37. The Morgan fingerprint density at radius 3 is 2.93 bits per heavy atom. The molecular formula is C13H18FN. The molecule has 2 unspecified atom stereocenters. The minimum absolute atomic E-state index is 0.0948. The van der Waals surface area contributed by atoms with E-state index in [1.807, 2.05) is 19.1 Å². The van der Waals surface area contributed by atoms with E-state index in [0.717, 1.165) is 24.6 Å². The highest BCUT2D eigenvalue weighted by molar-refractivity contribution is 5.30. The molecular weight excluding hydrogens is 189 g/mol. The highest BCUT2D eigenvalue weighted by Crippen LogP contribution is 2.47. The molecule has 0 amide bonds. The maximum atomic E-state index is 13.1. The van der Waals surface area contributed by atoms with Crippen molar-refractivity contribution >= 4 is 0 Å². The van der Waals surface area contributed by atoms with Gasteiger partial charge in [0.25, 0.3) is 0 Å². The van der Waals surface area contributed by atoms with Crippen LogP contribution < -0.4 is 5.32 Å². The topological polar surface area (TPSA) is 12.0 Å². The third-order valence-corrected chi connectivity index (χ3v) is 3.19. The van der Waals surface area contributed by atoms with Gasteiger partial charge in [-0.3, -0.25) is 0 Å². The summed E-state index contributed by atoms with van der Waals surface area (Å²) in [6.45, 7) is 6.09. The number of hydrogen-bond donors (Lipinski definition) is 1. The Labute approximate surface area is 90.7 Å². The zero-order valence-corrected chi connectivity index (χ0v) is 9.39. The smallest absolute Gasteiger partial charge is 0.126 e.